The Bertz CT molecular complexity index is 643. The summed E-state index contributed by atoms with van der Waals surface area (Å²) in [5.41, 5.74) is 1.53. The molecule has 0 bridgehead atoms. The molecule has 0 N–H and O–H groups in total. The summed E-state index contributed by atoms with van der Waals surface area (Å²) in [4.78, 5) is 24.0. The van der Waals surface area contributed by atoms with Gasteiger partial charge < -0.3 is 18.9 Å². The number of carbonyl (C=O) groups excluding carboxylic acids is 2. The molecule has 0 amide bonds. The summed E-state index contributed by atoms with van der Waals surface area (Å²) >= 11 is 0. The van der Waals surface area contributed by atoms with Gasteiger partial charge in [-0.15, -0.1) is 0 Å². The van der Waals surface area contributed by atoms with E-state index in [1.54, 1.807) is 33.8 Å². The molecule has 1 fully saturated rings. The topological polar surface area (TPSA) is 71.1 Å². The lowest BCUT2D eigenvalue weighted by atomic mass is 9.92. The molecule has 0 radical (unpaired) electrons. The molecule has 1 aliphatic rings. The minimum Gasteiger partial charge on any atom is -0.469 e. The normalized spacial score (nSPS) is 22.6. The van der Waals surface area contributed by atoms with Gasteiger partial charge in [-0.2, -0.15) is 0 Å². The molecule has 3 unspecified atom stereocenters. The van der Waals surface area contributed by atoms with Gasteiger partial charge in [-0.1, -0.05) is 31.4 Å². The van der Waals surface area contributed by atoms with Crippen molar-refractivity contribution in [1.29, 1.82) is 0 Å². The molecule has 0 aromatic rings. The van der Waals surface area contributed by atoms with Gasteiger partial charge in [0.05, 0.1) is 24.7 Å². The van der Waals surface area contributed by atoms with E-state index in [1.165, 1.54) is 13.2 Å². The maximum atomic E-state index is 12.1. The first-order chi connectivity index (χ1) is 12.5. The highest BCUT2D eigenvalue weighted by atomic mass is 16.7. The van der Waals surface area contributed by atoms with Gasteiger partial charge in [0.25, 0.3) is 0 Å². The molecule has 3 atom stereocenters. The highest BCUT2D eigenvalue weighted by Gasteiger charge is 2.42. The van der Waals surface area contributed by atoms with E-state index in [-0.39, 0.29) is 18.1 Å². The maximum Gasteiger partial charge on any atom is 0.338 e. The second-order valence-corrected chi connectivity index (χ2v) is 7.01. The van der Waals surface area contributed by atoms with Crippen LogP contribution in [0.3, 0.4) is 0 Å². The highest BCUT2D eigenvalue weighted by molar-refractivity contribution is 5.92. The summed E-state index contributed by atoms with van der Waals surface area (Å²) in [5, 5.41) is 0. The smallest absolute Gasteiger partial charge is 0.338 e. The number of rotatable bonds is 9. The molecule has 1 saturated heterocycles. The Kier molecular flexibility index (Phi) is 8.19. The summed E-state index contributed by atoms with van der Waals surface area (Å²) in [6.07, 6.45) is 2.74. The van der Waals surface area contributed by atoms with Crippen molar-refractivity contribution in [2.75, 3.05) is 13.7 Å². The van der Waals surface area contributed by atoms with E-state index in [1.807, 2.05) is 0 Å². The van der Waals surface area contributed by atoms with Gasteiger partial charge in [-0.25, -0.2) is 4.79 Å². The second kappa shape index (κ2) is 9.67. The third-order valence-corrected chi connectivity index (χ3v) is 4.24. The zero-order chi connectivity index (χ0) is 20.8. The number of hydrogen-bond acceptors (Lipinski definition) is 6. The van der Waals surface area contributed by atoms with Gasteiger partial charge >= 0.3 is 11.9 Å². The van der Waals surface area contributed by atoms with Crippen molar-refractivity contribution in [1.82, 2.24) is 0 Å². The second-order valence-electron chi connectivity index (χ2n) is 7.01. The Morgan fingerprint density at radius 2 is 1.85 bits per heavy atom. The molecule has 0 aromatic heterocycles. The van der Waals surface area contributed by atoms with Crippen molar-refractivity contribution in [2.45, 2.75) is 52.1 Å². The van der Waals surface area contributed by atoms with Crippen molar-refractivity contribution >= 4 is 11.9 Å². The molecular formula is C21H30O6. The standard InChI is InChI=1S/C21H30O6/c1-9-10-25-19(22)15(5)14(4)11-17-18(27-21(6,7)26-17)12-16(13(2)3)20(23)24-8/h9,11,16-18H,1-2,5,10,12H2,3-4,6-8H3/b14-11+. The summed E-state index contributed by atoms with van der Waals surface area (Å²) in [7, 11) is 1.34. The summed E-state index contributed by atoms with van der Waals surface area (Å²) < 4.78 is 21.8. The van der Waals surface area contributed by atoms with Gasteiger partial charge in [0.2, 0.25) is 0 Å². The van der Waals surface area contributed by atoms with Crippen molar-refractivity contribution in [2.24, 2.45) is 5.92 Å². The van der Waals surface area contributed by atoms with Crippen LogP contribution in [0.4, 0.5) is 0 Å². The van der Waals surface area contributed by atoms with Gasteiger partial charge in [-0.3, -0.25) is 4.79 Å². The minimum atomic E-state index is -0.827. The van der Waals surface area contributed by atoms with Crippen LogP contribution in [0, 0.1) is 5.92 Å². The Labute approximate surface area is 161 Å². The van der Waals surface area contributed by atoms with Gasteiger partial charge in [0.1, 0.15) is 12.7 Å². The lowest BCUT2D eigenvalue weighted by Crippen LogP contribution is -2.29. The number of carbonyl (C=O) groups is 2. The largest absolute Gasteiger partial charge is 0.469 e. The molecule has 0 spiro atoms. The molecule has 0 aliphatic carbocycles. The van der Waals surface area contributed by atoms with Crippen LogP contribution in [0.25, 0.3) is 0 Å². The van der Waals surface area contributed by atoms with Crippen LogP contribution in [-0.2, 0) is 28.5 Å². The maximum absolute atomic E-state index is 12.1. The third kappa shape index (κ3) is 6.48. The monoisotopic (exact) mass is 378 g/mol. The van der Waals surface area contributed by atoms with E-state index in [4.69, 9.17) is 18.9 Å². The average molecular weight is 378 g/mol. The lowest BCUT2D eigenvalue weighted by molar-refractivity contribution is -0.151. The third-order valence-electron chi connectivity index (χ3n) is 4.24. The van der Waals surface area contributed by atoms with Crippen LogP contribution in [-0.4, -0.2) is 43.7 Å². The fourth-order valence-corrected chi connectivity index (χ4v) is 2.79. The summed E-state index contributed by atoms with van der Waals surface area (Å²) in [5.74, 6) is -2.22. The Hall–Kier alpha value is -2.18. The van der Waals surface area contributed by atoms with Crippen LogP contribution in [0.5, 0.6) is 0 Å². The van der Waals surface area contributed by atoms with Gasteiger partial charge in [0.15, 0.2) is 5.79 Å². The van der Waals surface area contributed by atoms with Crippen LogP contribution in [0.1, 0.15) is 34.1 Å². The van der Waals surface area contributed by atoms with E-state index in [0.29, 0.717) is 17.6 Å². The predicted molar refractivity (Wildman–Crippen MR) is 103 cm³/mol. The van der Waals surface area contributed by atoms with E-state index in [9.17, 15) is 9.59 Å². The Morgan fingerprint density at radius 3 is 2.37 bits per heavy atom. The first kappa shape index (κ1) is 22.9. The van der Waals surface area contributed by atoms with Crippen molar-refractivity contribution in [3.63, 3.8) is 0 Å². The van der Waals surface area contributed by atoms with Crippen molar-refractivity contribution in [3.8, 4) is 0 Å². The lowest BCUT2D eigenvalue weighted by Gasteiger charge is -2.21. The number of methoxy groups -OCH3 is 1. The quantitative estimate of drug-likeness (QED) is 0.265. The van der Waals surface area contributed by atoms with Crippen LogP contribution < -0.4 is 0 Å². The number of ether oxygens (including phenoxy) is 4. The fourth-order valence-electron chi connectivity index (χ4n) is 2.79. The molecule has 6 nitrogen and oxygen atoms in total. The molecule has 1 heterocycles. The zero-order valence-corrected chi connectivity index (χ0v) is 16.9. The molecule has 6 heteroatoms. The van der Waals surface area contributed by atoms with Crippen molar-refractivity contribution < 1.29 is 28.5 Å². The van der Waals surface area contributed by atoms with Crippen LogP contribution >= 0.6 is 0 Å². The van der Waals surface area contributed by atoms with Crippen molar-refractivity contribution in [3.05, 3.63) is 48.6 Å². The van der Waals surface area contributed by atoms with Gasteiger partial charge in [0, 0.05) is 0 Å². The van der Waals surface area contributed by atoms with E-state index < -0.39 is 29.9 Å². The SMILES string of the molecule is C=CCOC(=O)C(=C)/C(C)=C/C1OC(C)(C)OC1CC(C(=C)C)C(=O)OC. The zero-order valence-electron chi connectivity index (χ0n) is 16.9. The predicted octanol–water partition coefficient (Wildman–Crippen LogP) is 3.49. The Balaban J connectivity index is 2.99. The Morgan fingerprint density at radius 1 is 1.22 bits per heavy atom. The first-order valence-corrected chi connectivity index (χ1v) is 8.77. The minimum absolute atomic E-state index is 0.114. The highest BCUT2D eigenvalue weighted by Crippen LogP contribution is 2.34. The molecule has 27 heavy (non-hydrogen) atoms. The molecule has 0 aromatic carbocycles. The summed E-state index contributed by atoms with van der Waals surface area (Å²) in [6, 6.07) is 0. The molecule has 1 rings (SSSR count). The van der Waals surface area contributed by atoms with Crippen LogP contribution in [0.15, 0.2) is 48.6 Å². The van der Waals surface area contributed by atoms with Crippen LogP contribution in [0.2, 0.25) is 0 Å². The summed E-state index contributed by atoms with van der Waals surface area (Å²) in [6.45, 7) is 18.4. The van der Waals surface area contributed by atoms with E-state index in [2.05, 4.69) is 19.7 Å². The number of hydrogen-bond donors (Lipinski definition) is 0. The van der Waals surface area contributed by atoms with Gasteiger partial charge in [-0.05, 0) is 45.8 Å². The molecule has 150 valence electrons. The number of esters is 2. The van der Waals surface area contributed by atoms with E-state index >= 15 is 0 Å². The first-order valence-electron chi connectivity index (χ1n) is 8.77. The average Bonchev–Trinajstić information content (AvgIpc) is 2.88. The fraction of sp³-hybridized carbons (Fsp3) is 0.524. The molecule has 1 aliphatic heterocycles. The van der Waals surface area contributed by atoms with E-state index in [0.717, 1.165) is 0 Å². The molecular weight excluding hydrogens is 348 g/mol. The molecule has 0 saturated carbocycles.